The third kappa shape index (κ3) is 3.52. The summed E-state index contributed by atoms with van der Waals surface area (Å²) >= 11 is 0. The summed E-state index contributed by atoms with van der Waals surface area (Å²) in [5.41, 5.74) is 6.58. The van der Waals surface area contributed by atoms with Gasteiger partial charge in [-0.3, -0.25) is 4.79 Å². The molecule has 1 amide bonds. The number of amidine groups is 1. The minimum atomic E-state index is -0.328. The van der Waals surface area contributed by atoms with Crippen LogP contribution in [0.25, 0.3) is 0 Å². The Morgan fingerprint density at radius 1 is 1.38 bits per heavy atom. The molecule has 0 saturated carbocycles. The Balaban J connectivity index is 2.08. The van der Waals surface area contributed by atoms with Crippen LogP contribution in [0, 0.1) is 5.92 Å². The zero-order chi connectivity index (χ0) is 15.4. The average molecular weight is 291 g/mol. The van der Waals surface area contributed by atoms with E-state index in [1.54, 1.807) is 36.1 Å². The number of amides is 1. The van der Waals surface area contributed by atoms with Crippen molar-refractivity contribution in [3.05, 3.63) is 35.4 Å². The number of aliphatic hydroxyl groups excluding tert-OH is 1. The van der Waals surface area contributed by atoms with E-state index in [0.29, 0.717) is 24.2 Å². The van der Waals surface area contributed by atoms with Gasteiger partial charge in [0.2, 0.25) is 0 Å². The molecule has 0 radical (unpaired) electrons. The van der Waals surface area contributed by atoms with Gasteiger partial charge in [0.05, 0.1) is 6.10 Å². The van der Waals surface area contributed by atoms with Crippen LogP contribution in [0.1, 0.15) is 35.7 Å². The minimum Gasteiger partial charge on any atom is -0.409 e. The van der Waals surface area contributed by atoms with Crippen LogP contribution < -0.4 is 5.73 Å². The number of aliphatic hydroxyl groups is 1. The highest BCUT2D eigenvalue weighted by atomic mass is 16.4. The van der Waals surface area contributed by atoms with Gasteiger partial charge in [0.1, 0.15) is 0 Å². The number of piperidine rings is 1. The normalized spacial score (nSPS) is 18.6. The predicted molar refractivity (Wildman–Crippen MR) is 79.3 cm³/mol. The molecule has 1 aromatic rings. The van der Waals surface area contributed by atoms with E-state index < -0.39 is 0 Å². The van der Waals surface area contributed by atoms with E-state index in [2.05, 4.69) is 5.16 Å². The number of nitrogens with two attached hydrogens (primary N) is 1. The Morgan fingerprint density at radius 2 is 2.00 bits per heavy atom. The Labute approximate surface area is 123 Å². The Bertz CT molecular complexity index is 535. The summed E-state index contributed by atoms with van der Waals surface area (Å²) in [5, 5.41) is 21.2. The lowest BCUT2D eigenvalue weighted by atomic mass is 9.92. The van der Waals surface area contributed by atoms with Crippen LogP contribution in [0.15, 0.2) is 29.4 Å². The molecule has 0 aromatic heterocycles. The number of rotatable bonds is 3. The third-order valence-electron chi connectivity index (χ3n) is 4.02. The van der Waals surface area contributed by atoms with E-state index in [9.17, 15) is 9.90 Å². The van der Waals surface area contributed by atoms with Crippen LogP contribution in [0.3, 0.4) is 0 Å². The largest absolute Gasteiger partial charge is 0.409 e. The maximum absolute atomic E-state index is 12.5. The summed E-state index contributed by atoms with van der Waals surface area (Å²) < 4.78 is 0. The van der Waals surface area contributed by atoms with Crippen molar-refractivity contribution in [1.82, 2.24) is 4.90 Å². The molecule has 0 bridgehead atoms. The first-order valence-corrected chi connectivity index (χ1v) is 7.08. The lowest BCUT2D eigenvalue weighted by Crippen LogP contribution is -2.40. The number of carbonyl (C=O) groups is 1. The zero-order valence-corrected chi connectivity index (χ0v) is 12.1. The number of likely N-dealkylation sites (tertiary alicyclic amines) is 1. The van der Waals surface area contributed by atoms with Gasteiger partial charge in [0.15, 0.2) is 5.84 Å². The van der Waals surface area contributed by atoms with Gasteiger partial charge in [0, 0.05) is 24.2 Å². The molecule has 1 heterocycles. The summed E-state index contributed by atoms with van der Waals surface area (Å²) in [4.78, 5) is 14.2. The van der Waals surface area contributed by atoms with Crippen LogP contribution >= 0.6 is 0 Å². The number of benzene rings is 1. The molecule has 1 aliphatic heterocycles. The van der Waals surface area contributed by atoms with Crippen molar-refractivity contribution in [3.8, 4) is 0 Å². The van der Waals surface area contributed by atoms with E-state index in [-0.39, 0.29) is 23.8 Å². The van der Waals surface area contributed by atoms with Gasteiger partial charge >= 0.3 is 0 Å². The quantitative estimate of drug-likeness (QED) is 0.335. The van der Waals surface area contributed by atoms with Crippen LogP contribution in [0.2, 0.25) is 0 Å². The molecule has 1 fully saturated rings. The molecule has 1 aliphatic rings. The van der Waals surface area contributed by atoms with Crippen molar-refractivity contribution in [2.45, 2.75) is 25.9 Å². The molecular formula is C15H21N3O3. The van der Waals surface area contributed by atoms with Crippen molar-refractivity contribution in [2.24, 2.45) is 16.8 Å². The highest BCUT2D eigenvalue weighted by molar-refractivity contribution is 6.01. The van der Waals surface area contributed by atoms with Gasteiger partial charge in [0.25, 0.3) is 5.91 Å². The van der Waals surface area contributed by atoms with Crippen molar-refractivity contribution in [2.75, 3.05) is 13.1 Å². The van der Waals surface area contributed by atoms with Gasteiger partial charge in [-0.25, -0.2) is 0 Å². The minimum absolute atomic E-state index is 0.0162. The Morgan fingerprint density at radius 3 is 2.57 bits per heavy atom. The summed E-state index contributed by atoms with van der Waals surface area (Å²) in [7, 11) is 0. The molecule has 0 aliphatic carbocycles. The van der Waals surface area contributed by atoms with E-state index in [1.807, 2.05) is 0 Å². The first kappa shape index (κ1) is 15.3. The number of oxime groups is 1. The Hall–Kier alpha value is -2.08. The van der Waals surface area contributed by atoms with Crippen molar-refractivity contribution >= 4 is 11.7 Å². The molecule has 0 spiro atoms. The highest BCUT2D eigenvalue weighted by Gasteiger charge is 2.26. The topological polar surface area (TPSA) is 99.2 Å². The Kier molecular flexibility index (Phi) is 4.80. The maximum Gasteiger partial charge on any atom is 0.253 e. The molecular weight excluding hydrogens is 270 g/mol. The number of carbonyl (C=O) groups excluding carboxylic acids is 1. The second-order valence-electron chi connectivity index (χ2n) is 5.44. The second-order valence-corrected chi connectivity index (χ2v) is 5.44. The lowest BCUT2D eigenvalue weighted by molar-refractivity contribution is 0.0521. The fourth-order valence-electron chi connectivity index (χ4n) is 2.64. The van der Waals surface area contributed by atoms with Gasteiger partial charge < -0.3 is 20.9 Å². The molecule has 1 unspecified atom stereocenters. The lowest BCUT2D eigenvalue weighted by Gasteiger charge is -2.33. The van der Waals surface area contributed by atoms with Crippen LogP contribution in [0.5, 0.6) is 0 Å². The molecule has 1 saturated heterocycles. The van der Waals surface area contributed by atoms with Crippen LogP contribution in [-0.2, 0) is 0 Å². The standard InChI is InChI=1S/C15H21N3O3/c1-10(19)11-5-7-18(8-6-11)15(20)13-4-2-3-12(9-13)14(16)17-21/h2-4,9-11,19,21H,5-8H2,1H3,(H2,16,17). The SMILES string of the molecule is CC(O)C1CCN(C(=O)c2cccc(/C(N)=N/O)c2)CC1. The fourth-order valence-corrected chi connectivity index (χ4v) is 2.64. The molecule has 6 heteroatoms. The molecule has 1 aromatic carbocycles. The average Bonchev–Trinajstić information content (AvgIpc) is 2.53. The molecule has 114 valence electrons. The monoisotopic (exact) mass is 291 g/mol. The predicted octanol–water partition coefficient (Wildman–Crippen LogP) is 1.01. The van der Waals surface area contributed by atoms with Crippen LogP contribution in [-0.4, -0.2) is 46.1 Å². The summed E-state index contributed by atoms with van der Waals surface area (Å²) in [6.45, 7) is 3.08. The number of hydrogen-bond donors (Lipinski definition) is 3. The summed E-state index contributed by atoms with van der Waals surface area (Å²) in [6.07, 6.45) is 1.29. The van der Waals surface area contributed by atoms with Gasteiger partial charge in [-0.15, -0.1) is 0 Å². The van der Waals surface area contributed by atoms with Crippen molar-refractivity contribution in [3.63, 3.8) is 0 Å². The smallest absolute Gasteiger partial charge is 0.253 e. The van der Waals surface area contributed by atoms with Gasteiger partial charge in [-0.05, 0) is 37.8 Å². The first-order chi connectivity index (χ1) is 10.0. The third-order valence-corrected chi connectivity index (χ3v) is 4.02. The van der Waals surface area contributed by atoms with E-state index in [0.717, 1.165) is 12.8 Å². The fraction of sp³-hybridized carbons (Fsp3) is 0.467. The molecule has 21 heavy (non-hydrogen) atoms. The van der Waals surface area contributed by atoms with E-state index in [4.69, 9.17) is 10.9 Å². The van der Waals surface area contributed by atoms with Gasteiger partial charge in [-0.2, -0.15) is 0 Å². The molecule has 6 nitrogen and oxygen atoms in total. The van der Waals surface area contributed by atoms with Crippen LogP contribution in [0.4, 0.5) is 0 Å². The van der Waals surface area contributed by atoms with Gasteiger partial charge in [-0.1, -0.05) is 17.3 Å². The molecule has 4 N–H and O–H groups in total. The van der Waals surface area contributed by atoms with Crippen molar-refractivity contribution in [1.29, 1.82) is 0 Å². The zero-order valence-electron chi connectivity index (χ0n) is 12.1. The van der Waals surface area contributed by atoms with E-state index in [1.165, 1.54) is 0 Å². The molecule has 2 rings (SSSR count). The summed E-state index contributed by atoms with van der Waals surface area (Å²) in [6, 6.07) is 6.74. The second kappa shape index (κ2) is 6.58. The first-order valence-electron chi connectivity index (χ1n) is 7.08. The number of nitrogens with zero attached hydrogens (tertiary/aromatic N) is 2. The summed E-state index contributed by atoms with van der Waals surface area (Å²) in [5.74, 6) is 0.182. The molecule has 1 atom stereocenters. The maximum atomic E-state index is 12.5. The van der Waals surface area contributed by atoms with E-state index >= 15 is 0 Å². The van der Waals surface area contributed by atoms with Crippen molar-refractivity contribution < 1.29 is 15.1 Å². The highest BCUT2D eigenvalue weighted by Crippen LogP contribution is 2.22. The number of hydrogen-bond acceptors (Lipinski definition) is 4.